The number of nitrogens with zero attached hydrogens (tertiary/aromatic N) is 2. The van der Waals surface area contributed by atoms with Gasteiger partial charge in [0.2, 0.25) is 0 Å². The van der Waals surface area contributed by atoms with E-state index in [1.165, 1.54) is 18.7 Å². The average Bonchev–Trinajstić information content (AvgIpc) is 3.31. The molecule has 4 rings (SSSR count). The van der Waals surface area contributed by atoms with Crippen molar-refractivity contribution >= 4 is 11.8 Å². The summed E-state index contributed by atoms with van der Waals surface area (Å²) in [5.41, 5.74) is 2.41. The van der Waals surface area contributed by atoms with Crippen molar-refractivity contribution in [2.24, 2.45) is 0 Å². The van der Waals surface area contributed by atoms with Crippen LogP contribution in [-0.4, -0.2) is 59.9 Å². The third-order valence-electron chi connectivity index (χ3n) is 7.33. The summed E-state index contributed by atoms with van der Waals surface area (Å²) in [5, 5.41) is 13.6. The number of aryl methyl sites for hydroxylation is 1. The molecular weight excluding hydrogens is 461 g/mol. The number of unbranched alkanes of at least 4 members (excludes halogenated alkanes) is 1. The molecule has 2 aliphatic heterocycles. The van der Waals surface area contributed by atoms with Crippen LogP contribution in [0.3, 0.4) is 0 Å². The van der Waals surface area contributed by atoms with E-state index in [1.54, 1.807) is 6.07 Å². The van der Waals surface area contributed by atoms with Crippen molar-refractivity contribution in [2.75, 3.05) is 32.1 Å². The van der Waals surface area contributed by atoms with Crippen molar-refractivity contribution < 1.29 is 23.8 Å². The number of rotatable bonds is 11. The molecule has 2 aromatic rings. The molecule has 2 N–H and O–H groups in total. The fourth-order valence-electron chi connectivity index (χ4n) is 5.32. The van der Waals surface area contributed by atoms with Crippen LogP contribution in [0.15, 0.2) is 30.5 Å². The number of nitrogens with one attached hydrogen (secondary N) is 1. The second kappa shape index (κ2) is 12.0. The Labute approximate surface area is 213 Å². The van der Waals surface area contributed by atoms with Gasteiger partial charge in [0.05, 0.1) is 13.2 Å². The van der Waals surface area contributed by atoms with E-state index in [1.807, 2.05) is 31.0 Å². The number of benzene rings is 1. The predicted octanol–water partition coefficient (Wildman–Crippen LogP) is 5.17. The smallest absolute Gasteiger partial charge is 0.325 e. The number of halogens is 1. The summed E-state index contributed by atoms with van der Waals surface area (Å²) in [6.07, 6.45) is 7.84. The second-order valence-electron chi connectivity index (χ2n) is 10.2. The lowest BCUT2D eigenvalue weighted by Crippen LogP contribution is -2.34. The minimum atomic E-state index is -1.01. The Bertz CT molecular complexity index is 1050. The van der Waals surface area contributed by atoms with Gasteiger partial charge in [-0.2, -0.15) is 0 Å². The highest BCUT2D eigenvalue weighted by atomic mass is 19.1. The first kappa shape index (κ1) is 26.4. The molecule has 0 amide bonds. The summed E-state index contributed by atoms with van der Waals surface area (Å²) < 4.78 is 26.1. The number of hydrogen-bond donors (Lipinski definition) is 2. The molecule has 0 radical (unpaired) electrons. The van der Waals surface area contributed by atoms with Gasteiger partial charge in [-0.1, -0.05) is 19.9 Å². The fourth-order valence-corrected chi connectivity index (χ4v) is 5.32. The first-order chi connectivity index (χ1) is 17.4. The van der Waals surface area contributed by atoms with Gasteiger partial charge in [0.1, 0.15) is 11.9 Å². The molecule has 0 spiro atoms. The Hall–Kier alpha value is -2.71. The van der Waals surface area contributed by atoms with Crippen molar-refractivity contribution in [3.63, 3.8) is 0 Å². The lowest BCUT2D eigenvalue weighted by atomic mass is 9.95. The number of aliphatic carboxylic acids is 1. The van der Waals surface area contributed by atoms with Crippen LogP contribution in [0, 0.1) is 5.82 Å². The third-order valence-corrected chi connectivity index (χ3v) is 7.33. The van der Waals surface area contributed by atoms with Crippen molar-refractivity contribution in [3.8, 4) is 5.75 Å². The number of carbonyl (C=O) groups is 1. The van der Waals surface area contributed by atoms with E-state index in [2.05, 4.69) is 16.4 Å². The molecule has 0 bridgehead atoms. The van der Waals surface area contributed by atoms with Crippen molar-refractivity contribution in [1.82, 2.24) is 9.88 Å². The first-order valence-corrected chi connectivity index (χ1v) is 13.0. The zero-order chi connectivity index (χ0) is 25.7. The van der Waals surface area contributed by atoms with Gasteiger partial charge in [0.15, 0.2) is 11.6 Å². The van der Waals surface area contributed by atoms with E-state index in [0.717, 1.165) is 49.9 Å². The zero-order valence-electron chi connectivity index (χ0n) is 21.5. The lowest BCUT2D eigenvalue weighted by molar-refractivity contribution is -0.143. The Morgan fingerprint density at radius 2 is 2.14 bits per heavy atom. The second-order valence-corrected chi connectivity index (χ2v) is 10.2. The van der Waals surface area contributed by atoms with E-state index in [0.29, 0.717) is 31.3 Å². The maximum absolute atomic E-state index is 14.7. The fraction of sp³-hybridized carbons (Fsp3) is 0.571. The summed E-state index contributed by atoms with van der Waals surface area (Å²) in [7, 11) is 1.38. The Morgan fingerprint density at radius 1 is 1.31 bits per heavy atom. The van der Waals surface area contributed by atoms with Gasteiger partial charge < -0.3 is 19.9 Å². The monoisotopic (exact) mass is 499 g/mol. The van der Waals surface area contributed by atoms with Crippen molar-refractivity contribution in [3.05, 3.63) is 53.0 Å². The third kappa shape index (κ3) is 6.16. The highest BCUT2D eigenvalue weighted by molar-refractivity contribution is 5.77. The number of methoxy groups -OCH3 is 1. The van der Waals surface area contributed by atoms with Gasteiger partial charge in [-0.05, 0) is 73.8 Å². The Balaban J connectivity index is 1.27. The summed E-state index contributed by atoms with van der Waals surface area (Å²) >= 11 is 0. The van der Waals surface area contributed by atoms with Gasteiger partial charge in [0.25, 0.3) is 0 Å². The Morgan fingerprint density at radius 3 is 2.89 bits per heavy atom. The molecule has 0 aliphatic carbocycles. The van der Waals surface area contributed by atoms with Gasteiger partial charge in [-0.25, -0.2) is 9.37 Å². The van der Waals surface area contributed by atoms with Crippen LogP contribution in [-0.2, 0) is 16.0 Å². The van der Waals surface area contributed by atoms with Gasteiger partial charge in [0, 0.05) is 37.5 Å². The first-order valence-electron chi connectivity index (χ1n) is 13.0. The van der Waals surface area contributed by atoms with Gasteiger partial charge in [-0.15, -0.1) is 0 Å². The average molecular weight is 500 g/mol. The van der Waals surface area contributed by atoms with Crippen molar-refractivity contribution in [2.45, 2.75) is 76.5 Å². The highest BCUT2D eigenvalue weighted by Crippen LogP contribution is 2.37. The Kier molecular flexibility index (Phi) is 8.80. The van der Waals surface area contributed by atoms with E-state index < -0.39 is 17.8 Å². The number of pyridine rings is 1. The van der Waals surface area contributed by atoms with Crippen LogP contribution in [0.2, 0.25) is 0 Å². The molecular formula is C28H38FN3O4. The molecule has 196 valence electrons. The molecule has 36 heavy (non-hydrogen) atoms. The van der Waals surface area contributed by atoms with Crippen LogP contribution < -0.4 is 10.1 Å². The molecule has 0 unspecified atom stereocenters. The predicted molar refractivity (Wildman–Crippen MR) is 137 cm³/mol. The summed E-state index contributed by atoms with van der Waals surface area (Å²) in [6, 6.07) is 6.79. The summed E-state index contributed by atoms with van der Waals surface area (Å²) in [4.78, 5) is 18.6. The zero-order valence-corrected chi connectivity index (χ0v) is 21.5. The molecule has 1 fully saturated rings. The number of ether oxygens (including phenoxy) is 2. The molecule has 1 aromatic heterocycles. The van der Waals surface area contributed by atoms with Crippen LogP contribution in [0.4, 0.5) is 10.2 Å². The summed E-state index contributed by atoms with van der Waals surface area (Å²) in [6.45, 7) is 5.65. The topological polar surface area (TPSA) is 83.9 Å². The van der Waals surface area contributed by atoms with E-state index in [-0.39, 0.29) is 17.8 Å². The van der Waals surface area contributed by atoms with E-state index in [9.17, 15) is 14.3 Å². The van der Waals surface area contributed by atoms with Gasteiger partial charge >= 0.3 is 5.97 Å². The van der Waals surface area contributed by atoms with Crippen LogP contribution >= 0.6 is 0 Å². The normalized spacial score (nSPS) is 20.7. The van der Waals surface area contributed by atoms with Gasteiger partial charge in [-0.3, -0.25) is 9.69 Å². The SMILES string of the molecule is COc1c(F)cc(C(C)C)cc1[C@H](C(=O)O)N1CC[C@@H](OCCCC[C@H]2CCc3cccnc3N2)C1. The molecule has 3 atom stereocenters. The molecule has 7 nitrogen and oxygen atoms in total. The maximum atomic E-state index is 14.7. The van der Waals surface area contributed by atoms with Crippen molar-refractivity contribution in [1.29, 1.82) is 0 Å². The minimum absolute atomic E-state index is 0.00492. The van der Waals surface area contributed by atoms with E-state index in [4.69, 9.17) is 9.47 Å². The maximum Gasteiger partial charge on any atom is 0.325 e. The largest absolute Gasteiger partial charge is 0.493 e. The molecule has 0 saturated carbocycles. The summed E-state index contributed by atoms with van der Waals surface area (Å²) in [5.74, 6) is -0.443. The number of aromatic nitrogens is 1. The van der Waals surface area contributed by atoms with E-state index >= 15 is 0 Å². The number of hydrogen-bond acceptors (Lipinski definition) is 6. The lowest BCUT2D eigenvalue weighted by Gasteiger charge is -2.27. The number of fused-ring (bicyclic) bond motifs is 1. The minimum Gasteiger partial charge on any atom is -0.493 e. The highest BCUT2D eigenvalue weighted by Gasteiger charge is 2.36. The molecule has 3 heterocycles. The number of likely N-dealkylation sites (tertiary alicyclic amines) is 1. The molecule has 1 saturated heterocycles. The standard InChI is InChI=1S/C28H38FN3O4/c1-18(2)20-15-23(26(35-3)24(29)16-20)25(28(33)34)32-13-11-22(17-32)36-14-5-4-8-21-10-9-19-7-6-12-30-27(19)31-21/h6-7,12,15-16,18,21-22,25H,4-5,8-11,13-14,17H2,1-3H3,(H,30,31)(H,33,34)/t21-,22+,25+/m0/s1. The van der Waals surface area contributed by atoms with Crippen LogP contribution in [0.5, 0.6) is 5.75 Å². The van der Waals surface area contributed by atoms with Crippen LogP contribution in [0.25, 0.3) is 0 Å². The molecule has 8 heteroatoms. The van der Waals surface area contributed by atoms with Crippen LogP contribution in [0.1, 0.15) is 74.6 Å². The molecule has 1 aromatic carbocycles. The quantitative estimate of drug-likeness (QED) is 0.413. The molecule has 2 aliphatic rings. The number of carboxylic acid groups (broad SMARTS) is 1. The number of anilines is 1. The number of carboxylic acids is 1.